The molecule has 32 heavy (non-hydrogen) atoms. The van der Waals surface area contributed by atoms with Crippen LogP contribution >= 0.6 is 0 Å². The third-order valence-electron chi connectivity index (χ3n) is 6.58. The Bertz CT molecular complexity index is 896. The first-order chi connectivity index (χ1) is 15.7. The molecule has 2 aliphatic rings. The molecule has 0 saturated carbocycles. The summed E-state index contributed by atoms with van der Waals surface area (Å²) in [5.74, 6) is 1.21. The number of unbranched alkanes of at least 4 members (excludes halogenated alkanes) is 2. The second-order valence-electron chi connectivity index (χ2n) is 9.00. The number of nitrogens with zero attached hydrogens (tertiary/aromatic N) is 3. The molecule has 2 fully saturated rings. The van der Waals surface area contributed by atoms with E-state index in [1.807, 2.05) is 23.1 Å². The Balaban J connectivity index is 1.30. The average molecular weight is 441 g/mol. The van der Waals surface area contributed by atoms with Gasteiger partial charge >= 0.3 is 0 Å². The number of ether oxygens (including phenoxy) is 1. The van der Waals surface area contributed by atoms with Crippen molar-refractivity contribution < 1.29 is 14.3 Å². The number of fused-ring (bicyclic) bond motifs is 1. The third-order valence-corrected chi connectivity index (χ3v) is 6.58. The third kappa shape index (κ3) is 5.88. The van der Waals surface area contributed by atoms with Gasteiger partial charge in [0.15, 0.2) is 0 Å². The van der Waals surface area contributed by atoms with E-state index in [-0.39, 0.29) is 17.9 Å². The second kappa shape index (κ2) is 11.5. The minimum Gasteiger partial charge on any atom is -0.368 e. The maximum Gasteiger partial charge on any atom is 0.249 e. The number of amides is 2. The predicted octanol–water partition coefficient (Wildman–Crippen LogP) is 3.45. The number of benzene rings is 1. The number of carbonyl (C=O) groups is 2. The lowest BCUT2D eigenvalue weighted by Crippen LogP contribution is -2.35. The van der Waals surface area contributed by atoms with Crippen LogP contribution in [0.1, 0.15) is 63.6 Å². The number of hydrogen-bond donors (Lipinski definition) is 1. The molecule has 7 nitrogen and oxygen atoms in total. The largest absolute Gasteiger partial charge is 0.368 e. The second-order valence-corrected chi connectivity index (χ2v) is 9.00. The zero-order valence-electron chi connectivity index (χ0n) is 19.1. The first-order valence-corrected chi connectivity index (χ1v) is 12.3. The van der Waals surface area contributed by atoms with E-state index in [2.05, 4.69) is 16.0 Å². The average Bonchev–Trinajstić information content (AvgIpc) is 3.37. The van der Waals surface area contributed by atoms with Gasteiger partial charge in [-0.2, -0.15) is 0 Å². The maximum atomic E-state index is 13.0. The van der Waals surface area contributed by atoms with Crippen LogP contribution in [0, 0.1) is 0 Å². The van der Waals surface area contributed by atoms with E-state index in [9.17, 15) is 9.59 Å². The zero-order chi connectivity index (χ0) is 22.2. The van der Waals surface area contributed by atoms with Gasteiger partial charge < -0.3 is 19.5 Å². The standard InChI is InChI=1S/C25H36N4O3/c30-24(28-16-8-1-2-9-17-28)19-29-21-12-6-5-11-20(21)27-23(29)14-4-3-7-15-26-25(31)22-13-10-18-32-22/h5-6,11-12,22H,1-4,7-10,13-19H2,(H,26,31). The number of rotatable bonds is 9. The van der Waals surface area contributed by atoms with Gasteiger partial charge in [0, 0.05) is 32.7 Å². The smallest absolute Gasteiger partial charge is 0.249 e. The molecule has 1 atom stereocenters. The van der Waals surface area contributed by atoms with Gasteiger partial charge in [0.2, 0.25) is 11.8 Å². The summed E-state index contributed by atoms with van der Waals surface area (Å²) in [6.45, 7) is 3.49. The topological polar surface area (TPSA) is 76.5 Å². The number of para-hydroxylation sites is 2. The van der Waals surface area contributed by atoms with Crippen molar-refractivity contribution in [3.05, 3.63) is 30.1 Å². The molecule has 0 aliphatic carbocycles. The molecule has 2 saturated heterocycles. The first-order valence-electron chi connectivity index (χ1n) is 12.3. The van der Waals surface area contributed by atoms with Gasteiger partial charge in [-0.3, -0.25) is 9.59 Å². The van der Waals surface area contributed by atoms with E-state index in [4.69, 9.17) is 9.72 Å². The SMILES string of the molecule is O=C(NCCCCCc1nc2ccccc2n1CC(=O)N1CCCCCC1)C1CCCO1. The Morgan fingerprint density at radius 2 is 1.84 bits per heavy atom. The lowest BCUT2D eigenvalue weighted by atomic mass is 10.1. The Labute approximate surface area is 190 Å². The highest BCUT2D eigenvalue weighted by atomic mass is 16.5. The molecular formula is C25H36N4O3. The highest BCUT2D eigenvalue weighted by Gasteiger charge is 2.23. The van der Waals surface area contributed by atoms with Crippen LogP contribution in [0.3, 0.4) is 0 Å². The van der Waals surface area contributed by atoms with Crippen LogP contribution < -0.4 is 5.32 Å². The van der Waals surface area contributed by atoms with Gasteiger partial charge in [-0.15, -0.1) is 0 Å². The van der Waals surface area contributed by atoms with E-state index in [0.717, 1.165) is 81.3 Å². The highest BCUT2D eigenvalue weighted by Crippen LogP contribution is 2.19. The number of hydrogen-bond acceptors (Lipinski definition) is 4. The van der Waals surface area contributed by atoms with Crippen molar-refractivity contribution in [2.75, 3.05) is 26.2 Å². The summed E-state index contributed by atoms with van der Waals surface area (Å²) in [6, 6.07) is 8.09. The van der Waals surface area contributed by atoms with E-state index in [1.54, 1.807) is 0 Å². The van der Waals surface area contributed by atoms with Crippen LogP contribution in [0.4, 0.5) is 0 Å². The fourth-order valence-electron chi connectivity index (χ4n) is 4.74. The minimum atomic E-state index is -0.253. The zero-order valence-corrected chi connectivity index (χ0v) is 19.1. The summed E-state index contributed by atoms with van der Waals surface area (Å²) in [5, 5.41) is 2.99. The monoisotopic (exact) mass is 440 g/mol. The molecule has 0 spiro atoms. The van der Waals surface area contributed by atoms with Gasteiger partial charge in [-0.1, -0.05) is 31.4 Å². The van der Waals surface area contributed by atoms with E-state index in [0.29, 0.717) is 19.7 Å². The molecule has 2 aromatic rings. The molecule has 3 heterocycles. The van der Waals surface area contributed by atoms with Crippen molar-refractivity contribution in [3.63, 3.8) is 0 Å². The normalized spacial score (nSPS) is 19.2. The van der Waals surface area contributed by atoms with Crippen LogP contribution in [0.25, 0.3) is 11.0 Å². The van der Waals surface area contributed by atoms with E-state index in [1.165, 1.54) is 12.8 Å². The van der Waals surface area contributed by atoms with Gasteiger partial charge in [0.05, 0.1) is 11.0 Å². The lowest BCUT2D eigenvalue weighted by Gasteiger charge is -2.21. The van der Waals surface area contributed by atoms with Gasteiger partial charge in [0.1, 0.15) is 18.5 Å². The molecule has 0 radical (unpaired) electrons. The molecule has 1 aromatic carbocycles. The fraction of sp³-hybridized carbons (Fsp3) is 0.640. The minimum absolute atomic E-state index is 0.0244. The van der Waals surface area contributed by atoms with Crippen molar-refractivity contribution >= 4 is 22.8 Å². The van der Waals surface area contributed by atoms with Crippen molar-refractivity contribution in [2.45, 2.75) is 76.9 Å². The molecule has 174 valence electrons. The van der Waals surface area contributed by atoms with Gasteiger partial charge in [-0.25, -0.2) is 4.98 Å². The van der Waals surface area contributed by atoms with E-state index >= 15 is 0 Å². The van der Waals surface area contributed by atoms with Crippen molar-refractivity contribution in [1.82, 2.24) is 19.8 Å². The van der Waals surface area contributed by atoms with Crippen LogP contribution in [0.5, 0.6) is 0 Å². The van der Waals surface area contributed by atoms with Crippen molar-refractivity contribution in [3.8, 4) is 0 Å². The van der Waals surface area contributed by atoms with Crippen LogP contribution in [-0.4, -0.2) is 58.6 Å². The first kappa shape index (κ1) is 22.8. The summed E-state index contributed by atoms with van der Waals surface area (Å²) >= 11 is 0. The molecule has 7 heteroatoms. The summed E-state index contributed by atoms with van der Waals surface area (Å²) < 4.78 is 7.53. The van der Waals surface area contributed by atoms with Crippen molar-refractivity contribution in [2.24, 2.45) is 0 Å². The molecule has 1 N–H and O–H groups in total. The van der Waals surface area contributed by atoms with Crippen LogP contribution in [-0.2, 0) is 27.3 Å². The number of imidazole rings is 1. The van der Waals surface area contributed by atoms with Crippen LogP contribution in [0.2, 0.25) is 0 Å². The molecule has 0 bridgehead atoms. The summed E-state index contributed by atoms with van der Waals surface area (Å²) in [4.78, 5) is 31.9. The maximum absolute atomic E-state index is 13.0. The fourth-order valence-corrected chi connectivity index (χ4v) is 4.74. The molecular weight excluding hydrogens is 404 g/mol. The molecule has 1 unspecified atom stereocenters. The predicted molar refractivity (Wildman–Crippen MR) is 124 cm³/mol. The lowest BCUT2D eigenvalue weighted by molar-refractivity contribution is -0.132. The number of carbonyl (C=O) groups excluding carboxylic acids is 2. The molecule has 2 amide bonds. The highest BCUT2D eigenvalue weighted by molar-refractivity contribution is 5.81. The summed E-state index contributed by atoms with van der Waals surface area (Å²) in [5.41, 5.74) is 1.99. The Morgan fingerprint density at radius 1 is 1.03 bits per heavy atom. The quantitative estimate of drug-likeness (QED) is 0.606. The molecule has 2 aliphatic heterocycles. The Hall–Kier alpha value is -2.41. The number of likely N-dealkylation sites (tertiary alicyclic amines) is 1. The van der Waals surface area contributed by atoms with E-state index < -0.39 is 0 Å². The summed E-state index contributed by atoms with van der Waals surface area (Å²) in [7, 11) is 0. The Kier molecular flexibility index (Phi) is 8.15. The number of aryl methyl sites for hydroxylation is 1. The van der Waals surface area contributed by atoms with Gasteiger partial charge in [-0.05, 0) is 50.7 Å². The molecule has 1 aromatic heterocycles. The summed E-state index contributed by atoms with van der Waals surface area (Å²) in [6.07, 6.45) is 9.96. The Morgan fingerprint density at radius 3 is 2.62 bits per heavy atom. The number of nitrogens with one attached hydrogen (secondary N) is 1. The van der Waals surface area contributed by atoms with Gasteiger partial charge in [0.25, 0.3) is 0 Å². The number of aromatic nitrogens is 2. The molecule has 4 rings (SSSR count). The van der Waals surface area contributed by atoms with Crippen LogP contribution in [0.15, 0.2) is 24.3 Å². The van der Waals surface area contributed by atoms with Crippen molar-refractivity contribution in [1.29, 1.82) is 0 Å².